The zero-order valence-electron chi connectivity index (χ0n) is 13.5. The van der Waals surface area contributed by atoms with Crippen molar-refractivity contribution in [1.82, 2.24) is 9.80 Å². The Labute approximate surface area is 127 Å². The molecule has 0 bridgehead atoms. The summed E-state index contributed by atoms with van der Waals surface area (Å²) in [6.45, 7) is 8.14. The molecule has 4 nitrogen and oxygen atoms in total. The second kappa shape index (κ2) is 6.48. The third kappa shape index (κ3) is 4.74. The van der Waals surface area contributed by atoms with E-state index in [0.29, 0.717) is 6.04 Å². The molecule has 1 aromatic rings. The fourth-order valence-electron chi connectivity index (χ4n) is 2.59. The van der Waals surface area contributed by atoms with Crippen molar-refractivity contribution in [1.29, 1.82) is 0 Å². The standard InChI is InChI=1S/C17H26N2O2/c1-17(2,3)21-16(20)19-11-10-15(13-19)18(4)12-14-8-6-5-7-9-14/h5-9,15H,10-13H2,1-4H3/t15-/m1/s1. The van der Waals surface area contributed by atoms with E-state index in [0.717, 1.165) is 26.1 Å². The Morgan fingerprint density at radius 1 is 1.33 bits per heavy atom. The van der Waals surface area contributed by atoms with E-state index in [-0.39, 0.29) is 6.09 Å². The summed E-state index contributed by atoms with van der Waals surface area (Å²) < 4.78 is 5.44. The van der Waals surface area contributed by atoms with Gasteiger partial charge in [-0.3, -0.25) is 4.90 Å². The molecule has 0 unspecified atom stereocenters. The van der Waals surface area contributed by atoms with Crippen LogP contribution in [0.2, 0.25) is 0 Å². The molecular formula is C17H26N2O2. The van der Waals surface area contributed by atoms with Crippen LogP contribution >= 0.6 is 0 Å². The van der Waals surface area contributed by atoms with Crippen molar-refractivity contribution >= 4 is 6.09 Å². The van der Waals surface area contributed by atoms with Gasteiger partial charge >= 0.3 is 6.09 Å². The monoisotopic (exact) mass is 290 g/mol. The normalized spacial score (nSPS) is 19.1. The van der Waals surface area contributed by atoms with Crippen molar-refractivity contribution in [2.45, 2.75) is 45.4 Å². The van der Waals surface area contributed by atoms with Gasteiger partial charge in [0.1, 0.15) is 5.60 Å². The molecule has 1 aliphatic rings. The maximum atomic E-state index is 12.1. The number of nitrogens with zero attached hydrogens (tertiary/aromatic N) is 2. The lowest BCUT2D eigenvalue weighted by Gasteiger charge is -2.26. The number of amides is 1. The van der Waals surface area contributed by atoms with E-state index in [9.17, 15) is 4.79 Å². The highest BCUT2D eigenvalue weighted by Gasteiger charge is 2.31. The first kappa shape index (κ1) is 15.8. The lowest BCUT2D eigenvalue weighted by molar-refractivity contribution is 0.0282. The molecule has 0 saturated carbocycles. The van der Waals surface area contributed by atoms with Crippen LogP contribution in [0.4, 0.5) is 4.79 Å². The predicted octanol–water partition coefficient (Wildman–Crippen LogP) is 3.13. The Balaban J connectivity index is 1.86. The van der Waals surface area contributed by atoms with Crippen LogP contribution in [0.5, 0.6) is 0 Å². The van der Waals surface area contributed by atoms with Gasteiger partial charge in [0, 0.05) is 25.7 Å². The van der Waals surface area contributed by atoms with Crippen LogP contribution in [0.25, 0.3) is 0 Å². The number of carbonyl (C=O) groups is 1. The van der Waals surface area contributed by atoms with Gasteiger partial charge in [-0.25, -0.2) is 4.79 Å². The lowest BCUT2D eigenvalue weighted by Crippen LogP contribution is -2.38. The lowest BCUT2D eigenvalue weighted by atomic mass is 10.1. The van der Waals surface area contributed by atoms with E-state index < -0.39 is 5.60 Å². The topological polar surface area (TPSA) is 32.8 Å². The van der Waals surface area contributed by atoms with Gasteiger partial charge < -0.3 is 9.64 Å². The predicted molar refractivity (Wildman–Crippen MR) is 84.1 cm³/mol. The van der Waals surface area contributed by atoms with E-state index in [4.69, 9.17) is 4.74 Å². The smallest absolute Gasteiger partial charge is 0.410 e. The van der Waals surface area contributed by atoms with Gasteiger partial charge in [0.25, 0.3) is 0 Å². The number of likely N-dealkylation sites (N-methyl/N-ethyl adjacent to an activating group) is 1. The van der Waals surface area contributed by atoms with Crippen LogP contribution < -0.4 is 0 Å². The molecule has 0 N–H and O–H groups in total. The molecule has 21 heavy (non-hydrogen) atoms. The highest BCUT2D eigenvalue weighted by molar-refractivity contribution is 5.68. The Kier molecular flexibility index (Phi) is 4.88. The van der Waals surface area contributed by atoms with Crippen LogP contribution in [0.1, 0.15) is 32.8 Å². The minimum Gasteiger partial charge on any atom is -0.444 e. The molecule has 2 rings (SSSR count). The van der Waals surface area contributed by atoms with Gasteiger partial charge in [-0.05, 0) is 39.8 Å². The zero-order valence-corrected chi connectivity index (χ0v) is 13.5. The number of hydrogen-bond acceptors (Lipinski definition) is 3. The molecular weight excluding hydrogens is 264 g/mol. The Hall–Kier alpha value is -1.55. The molecule has 0 radical (unpaired) electrons. The highest BCUT2D eigenvalue weighted by atomic mass is 16.6. The fraction of sp³-hybridized carbons (Fsp3) is 0.588. The largest absolute Gasteiger partial charge is 0.444 e. The van der Waals surface area contributed by atoms with Crippen molar-refractivity contribution in [3.63, 3.8) is 0 Å². The van der Waals surface area contributed by atoms with E-state index in [2.05, 4.69) is 36.2 Å². The van der Waals surface area contributed by atoms with Gasteiger partial charge in [0.15, 0.2) is 0 Å². The Bertz CT molecular complexity index is 467. The van der Waals surface area contributed by atoms with Crippen molar-refractivity contribution in [3.05, 3.63) is 35.9 Å². The molecule has 0 spiro atoms. The van der Waals surface area contributed by atoms with Gasteiger partial charge in [-0.15, -0.1) is 0 Å². The number of benzene rings is 1. The van der Waals surface area contributed by atoms with Crippen molar-refractivity contribution in [3.8, 4) is 0 Å². The maximum absolute atomic E-state index is 12.1. The Morgan fingerprint density at radius 2 is 2.00 bits per heavy atom. The average Bonchev–Trinajstić information content (AvgIpc) is 2.87. The number of ether oxygens (including phenoxy) is 1. The molecule has 1 fully saturated rings. The van der Waals surface area contributed by atoms with Crippen LogP contribution in [0.15, 0.2) is 30.3 Å². The number of rotatable bonds is 3. The van der Waals surface area contributed by atoms with Gasteiger partial charge in [0.2, 0.25) is 0 Å². The molecule has 1 aromatic carbocycles. The summed E-state index contributed by atoms with van der Waals surface area (Å²) in [6, 6.07) is 10.8. The van der Waals surface area contributed by atoms with Crippen LogP contribution in [-0.2, 0) is 11.3 Å². The third-order valence-electron chi connectivity index (χ3n) is 3.71. The first-order valence-electron chi connectivity index (χ1n) is 7.57. The van der Waals surface area contributed by atoms with Gasteiger partial charge in [-0.2, -0.15) is 0 Å². The molecule has 1 atom stereocenters. The third-order valence-corrected chi connectivity index (χ3v) is 3.71. The first-order chi connectivity index (χ1) is 9.85. The second-order valence-electron chi connectivity index (χ2n) is 6.77. The van der Waals surface area contributed by atoms with E-state index in [1.807, 2.05) is 31.7 Å². The highest BCUT2D eigenvalue weighted by Crippen LogP contribution is 2.19. The van der Waals surface area contributed by atoms with Crippen molar-refractivity contribution < 1.29 is 9.53 Å². The van der Waals surface area contributed by atoms with E-state index in [1.165, 1.54) is 5.56 Å². The summed E-state index contributed by atoms with van der Waals surface area (Å²) in [5.74, 6) is 0. The average molecular weight is 290 g/mol. The molecule has 4 heteroatoms. The summed E-state index contributed by atoms with van der Waals surface area (Å²) in [5, 5.41) is 0. The second-order valence-corrected chi connectivity index (χ2v) is 6.77. The first-order valence-corrected chi connectivity index (χ1v) is 7.57. The minimum absolute atomic E-state index is 0.196. The summed E-state index contributed by atoms with van der Waals surface area (Å²) in [6.07, 6.45) is 0.806. The molecule has 116 valence electrons. The zero-order chi connectivity index (χ0) is 15.5. The van der Waals surface area contributed by atoms with Crippen LogP contribution in [-0.4, -0.2) is 47.7 Å². The molecule has 1 aliphatic heterocycles. The van der Waals surface area contributed by atoms with Crippen LogP contribution in [0.3, 0.4) is 0 Å². The Morgan fingerprint density at radius 3 is 2.62 bits per heavy atom. The maximum Gasteiger partial charge on any atom is 0.410 e. The molecule has 1 amide bonds. The van der Waals surface area contributed by atoms with E-state index in [1.54, 1.807) is 0 Å². The SMILES string of the molecule is CN(Cc1ccccc1)[C@@H]1CCN(C(=O)OC(C)(C)C)C1. The summed E-state index contributed by atoms with van der Waals surface area (Å²) in [5.41, 5.74) is 0.876. The van der Waals surface area contributed by atoms with Crippen molar-refractivity contribution in [2.24, 2.45) is 0 Å². The summed E-state index contributed by atoms with van der Waals surface area (Å²) in [4.78, 5) is 16.2. The summed E-state index contributed by atoms with van der Waals surface area (Å²) in [7, 11) is 2.12. The van der Waals surface area contributed by atoms with Gasteiger partial charge in [0.05, 0.1) is 0 Å². The summed E-state index contributed by atoms with van der Waals surface area (Å²) >= 11 is 0. The molecule has 1 saturated heterocycles. The molecule has 0 aromatic heterocycles. The van der Waals surface area contributed by atoms with Gasteiger partial charge in [-0.1, -0.05) is 30.3 Å². The van der Waals surface area contributed by atoms with E-state index >= 15 is 0 Å². The van der Waals surface area contributed by atoms with Crippen LogP contribution in [0, 0.1) is 0 Å². The number of carbonyl (C=O) groups excluding carboxylic acids is 1. The molecule has 1 heterocycles. The van der Waals surface area contributed by atoms with Crippen molar-refractivity contribution in [2.75, 3.05) is 20.1 Å². The quantitative estimate of drug-likeness (QED) is 0.857. The number of hydrogen-bond donors (Lipinski definition) is 0. The minimum atomic E-state index is -0.425. The fourth-order valence-corrected chi connectivity index (χ4v) is 2.59. The number of likely N-dealkylation sites (tertiary alicyclic amines) is 1. The molecule has 0 aliphatic carbocycles.